The Labute approximate surface area is 54.9 Å². The van der Waals surface area contributed by atoms with E-state index in [1.165, 1.54) is 21.3 Å². The number of ether oxygens (including phenoxy) is 3. The van der Waals surface area contributed by atoms with Crippen LogP contribution < -0.4 is 5.73 Å². The van der Waals surface area contributed by atoms with Gasteiger partial charge in [0, 0.05) is 21.3 Å². The van der Waals surface area contributed by atoms with E-state index in [4.69, 9.17) is 19.9 Å². The molecule has 9 heavy (non-hydrogen) atoms. The van der Waals surface area contributed by atoms with Crippen LogP contribution in [0.1, 0.15) is 0 Å². The summed E-state index contributed by atoms with van der Waals surface area (Å²) in [6.07, 6.45) is 0. The van der Waals surface area contributed by atoms with Gasteiger partial charge in [-0.2, -0.15) is 0 Å². The first-order valence-corrected chi connectivity index (χ1v) is 2.60. The summed E-state index contributed by atoms with van der Waals surface area (Å²) in [6.45, 7) is 0.177. The standard InChI is InChI=1S/C5H13NO3/c1-7-5(4-6,8-2)9-3/h4,6H2,1-3H3. The Balaban J connectivity index is 3.82. The maximum atomic E-state index is 5.26. The summed E-state index contributed by atoms with van der Waals surface area (Å²) in [5, 5.41) is 0. The molecule has 0 spiro atoms. The molecule has 0 heterocycles. The molecule has 0 unspecified atom stereocenters. The maximum Gasteiger partial charge on any atom is 0.295 e. The Morgan fingerprint density at radius 3 is 1.44 bits per heavy atom. The largest absolute Gasteiger partial charge is 0.330 e. The van der Waals surface area contributed by atoms with Gasteiger partial charge in [-0.05, 0) is 0 Å². The highest BCUT2D eigenvalue weighted by atomic mass is 16.9. The molecule has 0 aromatic heterocycles. The lowest BCUT2D eigenvalue weighted by molar-refractivity contribution is -0.344. The first-order valence-electron chi connectivity index (χ1n) is 2.60. The summed E-state index contributed by atoms with van der Waals surface area (Å²) in [5.41, 5.74) is 5.26. The van der Waals surface area contributed by atoms with Gasteiger partial charge in [0.15, 0.2) is 0 Å². The van der Waals surface area contributed by atoms with Crippen molar-refractivity contribution in [3.05, 3.63) is 0 Å². The Kier molecular flexibility index (Phi) is 3.72. The van der Waals surface area contributed by atoms with Crippen LogP contribution in [0.3, 0.4) is 0 Å². The number of nitrogens with two attached hydrogens (primary N) is 1. The van der Waals surface area contributed by atoms with Crippen LogP contribution in [0.5, 0.6) is 0 Å². The number of methoxy groups -OCH3 is 3. The predicted octanol–water partition coefficient (Wildman–Crippen LogP) is -0.462. The van der Waals surface area contributed by atoms with Gasteiger partial charge in [-0.15, -0.1) is 0 Å². The monoisotopic (exact) mass is 135 g/mol. The normalized spacial score (nSPS) is 12.0. The highest BCUT2D eigenvalue weighted by molar-refractivity contribution is 4.53. The van der Waals surface area contributed by atoms with Gasteiger partial charge >= 0.3 is 0 Å². The molecule has 56 valence electrons. The van der Waals surface area contributed by atoms with Crippen molar-refractivity contribution in [2.24, 2.45) is 5.73 Å². The van der Waals surface area contributed by atoms with E-state index < -0.39 is 5.97 Å². The second kappa shape index (κ2) is 3.79. The topological polar surface area (TPSA) is 53.7 Å². The van der Waals surface area contributed by atoms with Crippen LogP contribution >= 0.6 is 0 Å². The van der Waals surface area contributed by atoms with Gasteiger partial charge < -0.3 is 19.9 Å². The third kappa shape index (κ3) is 1.91. The molecule has 4 heteroatoms. The van der Waals surface area contributed by atoms with Crippen molar-refractivity contribution >= 4 is 0 Å². The third-order valence-corrected chi connectivity index (χ3v) is 1.18. The summed E-state index contributed by atoms with van der Waals surface area (Å²) in [7, 11) is 4.42. The van der Waals surface area contributed by atoms with Gasteiger partial charge in [0.1, 0.15) is 0 Å². The number of hydrogen-bond donors (Lipinski definition) is 1. The van der Waals surface area contributed by atoms with Gasteiger partial charge in [-0.25, -0.2) is 0 Å². The summed E-state index contributed by atoms with van der Waals surface area (Å²) < 4.78 is 14.4. The fraction of sp³-hybridized carbons (Fsp3) is 1.00. The second-order valence-electron chi connectivity index (χ2n) is 1.50. The lowest BCUT2D eigenvalue weighted by atomic mass is 10.5. The molecular weight excluding hydrogens is 122 g/mol. The SMILES string of the molecule is COC(CN)(OC)OC. The molecule has 0 saturated carbocycles. The second-order valence-corrected chi connectivity index (χ2v) is 1.50. The first kappa shape index (κ1) is 8.84. The van der Waals surface area contributed by atoms with Crippen LogP contribution in [0.15, 0.2) is 0 Å². The van der Waals surface area contributed by atoms with Crippen molar-refractivity contribution in [1.29, 1.82) is 0 Å². The highest BCUT2D eigenvalue weighted by Gasteiger charge is 2.26. The molecule has 0 radical (unpaired) electrons. The predicted molar refractivity (Wildman–Crippen MR) is 32.8 cm³/mol. The van der Waals surface area contributed by atoms with E-state index in [1.807, 2.05) is 0 Å². The van der Waals surface area contributed by atoms with Crippen molar-refractivity contribution in [1.82, 2.24) is 0 Å². The molecule has 4 nitrogen and oxygen atoms in total. The lowest BCUT2D eigenvalue weighted by Crippen LogP contribution is -2.43. The van der Waals surface area contributed by atoms with E-state index in [-0.39, 0.29) is 6.54 Å². The smallest absolute Gasteiger partial charge is 0.295 e. The molecule has 0 saturated heterocycles. The highest BCUT2D eigenvalue weighted by Crippen LogP contribution is 2.08. The van der Waals surface area contributed by atoms with Crippen LogP contribution in [0.2, 0.25) is 0 Å². The quantitative estimate of drug-likeness (QED) is 0.530. The Morgan fingerprint density at radius 2 is 1.44 bits per heavy atom. The molecule has 0 aromatic rings. The molecule has 0 aliphatic heterocycles. The molecule has 0 amide bonds. The fourth-order valence-corrected chi connectivity index (χ4v) is 0.500. The van der Waals surface area contributed by atoms with Crippen molar-refractivity contribution < 1.29 is 14.2 Å². The van der Waals surface area contributed by atoms with Gasteiger partial charge in [-0.3, -0.25) is 0 Å². The Morgan fingerprint density at radius 1 is 1.11 bits per heavy atom. The maximum absolute atomic E-state index is 5.26. The minimum atomic E-state index is -1.06. The van der Waals surface area contributed by atoms with Crippen LogP contribution in [0.4, 0.5) is 0 Å². The van der Waals surface area contributed by atoms with E-state index in [0.717, 1.165) is 0 Å². The molecule has 0 atom stereocenters. The third-order valence-electron chi connectivity index (χ3n) is 1.18. The zero-order valence-corrected chi connectivity index (χ0v) is 6.01. The van der Waals surface area contributed by atoms with E-state index in [0.29, 0.717) is 0 Å². The van der Waals surface area contributed by atoms with Crippen molar-refractivity contribution in [3.63, 3.8) is 0 Å². The van der Waals surface area contributed by atoms with Crippen molar-refractivity contribution in [3.8, 4) is 0 Å². The van der Waals surface area contributed by atoms with Crippen molar-refractivity contribution in [2.75, 3.05) is 27.9 Å². The van der Waals surface area contributed by atoms with Crippen LogP contribution in [-0.4, -0.2) is 33.8 Å². The molecular formula is C5H13NO3. The van der Waals surface area contributed by atoms with E-state index in [9.17, 15) is 0 Å². The summed E-state index contributed by atoms with van der Waals surface area (Å²) in [5.74, 6) is -1.06. The molecule has 0 aromatic carbocycles. The summed E-state index contributed by atoms with van der Waals surface area (Å²) in [6, 6.07) is 0. The summed E-state index contributed by atoms with van der Waals surface area (Å²) in [4.78, 5) is 0. The Hall–Kier alpha value is -0.160. The molecule has 0 fully saturated rings. The zero-order chi connectivity index (χ0) is 7.33. The minimum Gasteiger partial charge on any atom is -0.330 e. The molecule has 0 aliphatic carbocycles. The van der Waals surface area contributed by atoms with Crippen LogP contribution in [-0.2, 0) is 14.2 Å². The van der Waals surface area contributed by atoms with Crippen molar-refractivity contribution in [2.45, 2.75) is 5.97 Å². The van der Waals surface area contributed by atoms with Gasteiger partial charge in [-0.1, -0.05) is 0 Å². The lowest BCUT2D eigenvalue weighted by Gasteiger charge is -2.26. The van der Waals surface area contributed by atoms with Crippen LogP contribution in [0, 0.1) is 0 Å². The molecule has 0 bridgehead atoms. The fourth-order valence-electron chi connectivity index (χ4n) is 0.500. The van der Waals surface area contributed by atoms with E-state index in [1.54, 1.807) is 0 Å². The first-order chi connectivity index (χ1) is 4.24. The van der Waals surface area contributed by atoms with Gasteiger partial charge in [0.05, 0.1) is 6.54 Å². The van der Waals surface area contributed by atoms with Crippen LogP contribution in [0.25, 0.3) is 0 Å². The van der Waals surface area contributed by atoms with E-state index >= 15 is 0 Å². The molecule has 0 aliphatic rings. The zero-order valence-electron chi connectivity index (χ0n) is 6.01. The van der Waals surface area contributed by atoms with Gasteiger partial charge in [0.25, 0.3) is 5.97 Å². The molecule has 0 rings (SSSR count). The Bertz CT molecular complexity index is 55.1. The van der Waals surface area contributed by atoms with Gasteiger partial charge in [0.2, 0.25) is 0 Å². The number of rotatable bonds is 4. The minimum absolute atomic E-state index is 0.177. The number of hydrogen-bond acceptors (Lipinski definition) is 4. The van der Waals surface area contributed by atoms with E-state index in [2.05, 4.69) is 0 Å². The average Bonchev–Trinajstić information content (AvgIpc) is 1.95. The molecule has 2 N–H and O–H groups in total. The average molecular weight is 135 g/mol. The summed E-state index contributed by atoms with van der Waals surface area (Å²) >= 11 is 0.